The Morgan fingerprint density at radius 3 is 2.41 bits per heavy atom. The molecule has 1 saturated heterocycles. The van der Waals surface area contributed by atoms with Gasteiger partial charge in [-0.1, -0.05) is 0 Å². The Morgan fingerprint density at radius 2 is 1.86 bits per heavy atom. The van der Waals surface area contributed by atoms with Gasteiger partial charge in [-0.05, 0) is 44.0 Å². The van der Waals surface area contributed by atoms with Crippen molar-refractivity contribution >= 4 is 11.8 Å². The van der Waals surface area contributed by atoms with Gasteiger partial charge in [-0.3, -0.25) is 14.4 Å². The number of benzene rings is 1. The van der Waals surface area contributed by atoms with E-state index in [9.17, 15) is 14.4 Å². The van der Waals surface area contributed by atoms with Gasteiger partial charge in [-0.15, -0.1) is 0 Å². The number of aromatic nitrogens is 2. The third-order valence-electron chi connectivity index (χ3n) is 4.89. The van der Waals surface area contributed by atoms with Gasteiger partial charge in [0.2, 0.25) is 17.2 Å². The molecule has 0 bridgehead atoms. The van der Waals surface area contributed by atoms with E-state index >= 15 is 0 Å². The van der Waals surface area contributed by atoms with Crippen LogP contribution in [0.5, 0.6) is 11.6 Å². The van der Waals surface area contributed by atoms with Gasteiger partial charge in [-0.2, -0.15) is 5.10 Å². The summed E-state index contributed by atoms with van der Waals surface area (Å²) in [6, 6.07) is 8.28. The molecule has 9 heteroatoms. The molecule has 1 aliphatic rings. The Morgan fingerprint density at radius 1 is 1.21 bits per heavy atom. The third kappa shape index (κ3) is 4.39. The smallest absolute Gasteiger partial charge is 0.278 e. The van der Waals surface area contributed by atoms with E-state index in [0.717, 1.165) is 0 Å². The van der Waals surface area contributed by atoms with E-state index < -0.39 is 11.3 Å². The summed E-state index contributed by atoms with van der Waals surface area (Å²) in [7, 11) is 1.57. The van der Waals surface area contributed by atoms with Crippen molar-refractivity contribution < 1.29 is 19.1 Å². The van der Waals surface area contributed by atoms with Crippen LogP contribution in [0.2, 0.25) is 0 Å². The molecule has 2 amide bonds. The standard InChI is InChI=1S/C20H24N4O5/c1-3-29-17-12-16(25)18(20(27)23-10-8-13(9-11-23)19(21)26)22-24(17)14-4-6-15(28-2)7-5-14/h4-7,12-13H,3,8-11H2,1-2H3,(H2,21,26). The Kier molecular flexibility index (Phi) is 6.16. The molecule has 0 unspecified atom stereocenters. The first-order valence-electron chi connectivity index (χ1n) is 9.44. The minimum Gasteiger partial charge on any atom is -0.497 e. The fourth-order valence-electron chi connectivity index (χ4n) is 3.26. The quantitative estimate of drug-likeness (QED) is 0.772. The Labute approximate surface area is 168 Å². The summed E-state index contributed by atoms with van der Waals surface area (Å²) in [5.74, 6) is -0.169. The van der Waals surface area contributed by atoms with Gasteiger partial charge < -0.3 is 20.1 Å². The number of nitrogens with two attached hydrogens (primary N) is 1. The zero-order chi connectivity index (χ0) is 21.0. The average Bonchev–Trinajstić information content (AvgIpc) is 2.74. The van der Waals surface area contributed by atoms with Crippen LogP contribution in [0.4, 0.5) is 0 Å². The number of hydrogen-bond donors (Lipinski definition) is 1. The number of rotatable bonds is 6. The van der Waals surface area contributed by atoms with E-state index in [1.807, 2.05) is 0 Å². The van der Waals surface area contributed by atoms with E-state index in [4.69, 9.17) is 15.2 Å². The largest absolute Gasteiger partial charge is 0.497 e. The monoisotopic (exact) mass is 400 g/mol. The van der Waals surface area contributed by atoms with Gasteiger partial charge in [0.15, 0.2) is 5.69 Å². The fourth-order valence-corrected chi connectivity index (χ4v) is 3.26. The summed E-state index contributed by atoms with van der Waals surface area (Å²) in [6.45, 7) is 2.84. The number of nitrogens with zero attached hydrogens (tertiary/aromatic N) is 3. The SMILES string of the molecule is CCOc1cc(=O)c(C(=O)N2CCC(C(N)=O)CC2)nn1-c1ccc(OC)cc1. The van der Waals surface area contributed by atoms with E-state index in [0.29, 0.717) is 44.0 Å². The number of amides is 2. The highest BCUT2D eigenvalue weighted by molar-refractivity contribution is 5.92. The van der Waals surface area contributed by atoms with E-state index in [1.54, 1.807) is 38.3 Å². The van der Waals surface area contributed by atoms with Crippen molar-refractivity contribution in [1.82, 2.24) is 14.7 Å². The van der Waals surface area contributed by atoms with Crippen LogP contribution in [0, 0.1) is 5.92 Å². The molecule has 2 N–H and O–H groups in total. The Balaban J connectivity index is 1.93. The molecule has 29 heavy (non-hydrogen) atoms. The maximum atomic E-state index is 12.9. The Bertz CT molecular complexity index is 946. The lowest BCUT2D eigenvalue weighted by atomic mass is 9.96. The summed E-state index contributed by atoms with van der Waals surface area (Å²) in [5.41, 5.74) is 5.26. The first-order valence-corrected chi connectivity index (χ1v) is 9.44. The summed E-state index contributed by atoms with van der Waals surface area (Å²) in [5, 5.41) is 4.30. The van der Waals surface area contributed by atoms with E-state index in [2.05, 4.69) is 5.10 Å². The van der Waals surface area contributed by atoms with Crippen LogP contribution in [0.15, 0.2) is 35.1 Å². The fraction of sp³-hybridized carbons (Fsp3) is 0.400. The molecule has 0 aliphatic carbocycles. The number of carbonyl (C=O) groups is 2. The lowest BCUT2D eigenvalue weighted by molar-refractivity contribution is -0.123. The van der Waals surface area contributed by atoms with Gasteiger partial charge in [0.1, 0.15) is 5.75 Å². The number of carbonyl (C=O) groups excluding carboxylic acids is 2. The van der Waals surface area contributed by atoms with Gasteiger partial charge in [0.05, 0.1) is 25.5 Å². The number of hydrogen-bond acceptors (Lipinski definition) is 6. The second-order valence-corrected chi connectivity index (χ2v) is 6.71. The van der Waals surface area contributed by atoms with Gasteiger partial charge >= 0.3 is 0 Å². The number of likely N-dealkylation sites (tertiary alicyclic amines) is 1. The van der Waals surface area contributed by atoms with Crippen molar-refractivity contribution in [3.63, 3.8) is 0 Å². The molecular formula is C20H24N4O5. The topological polar surface area (TPSA) is 117 Å². The predicted molar refractivity (Wildman–Crippen MR) is 105 cm³/mol. The van der Waals surface area contributed by atoms with E-state index in [1.165, 1.54) is 15.6 Å². The minimum atomic E-state index is -0.514. The lowest BCUT2D eigenvalue weighted by Gasteiger charge is -2.30. The van der Waals surface area contributed by atoms with Crippen molar-refractivity contribution in [1.29, 1.82) is 0 Å². The number of piperidine rings is 1. The average molecular weight is 400 g/mol. The van der Waals surface area contributed by atoms with Crippen molar-refractivity contribution in [3.05, 3.63) is 46.2 Å². The molecule has 154 valence electrons. The molecule has 0 atom stereocenters. The minimum absolute atomic E-state index is 0.193. The second kappa shape index (κ2) is 8.76. The molecule has 1 aromatic heterocycles. The summed E-state index contributed by atoms with van der Waals surface area (Å²) in [6.07, 6.45) is 0.954. The van der Waals surface area contributed by atoms with Crippen LogP contribution < -0.4 is 20.6 Å². The van der Waals surface area contributed by atoms with Crippen LogP contribution >= 0.6 is 0 Å². The normalized spacial score (nSPS) is 14.5. The van der Waals surface area contributed by atoms with Crippen molar-refractivity contribution in [3.8, 4) is 17.3 Å². The highest BCUT2D eigenvalue weighted by Crippen LogP contribution is 2.21. The second-order valence-electron chi connectivity index (χ2n) is 6.71. The predicted octanol–water partition coefficient (Wildman–Crippen LogP) is 0.977. The van der Waals surface area contributed by atoms with E-state index in [-0.39, 0.29) is 23.4 Å². The van der Waals surface area contributed by atoms with Gasteiger partial charge in [0, 0.05) is 19.0 Å². The molecule has 9 nitrogen and oxygen atoms in total. The van der Waals surface area contributed by atoms with Crippen molar-refractivity contribution in [2.75, 3.05) is 26.8 Å². The maximum absolute atomic E-state index is 12.9. The molecule has 1 aliphatic heterocycles. The molecule has 1 fully saturated rings. The lowest BCUT2D eigenvalue weighted by Crippen LogP contribution is -2.43. The summed E-state index contributed by atoms with van der Waals surface area (Å²) >= 11 is 0. The van der Waals surface area contributed by atoms with Crippen LogP contribution in [0.25, 0.3) is 5.69 Å². The van der Waals surface area contributed by atoms with Crippen molar-refractivity contribution in [2.24, 2.45) is 11.7 Å². The Hall–Kier alpha value is -3.36. The molecule has 2 heterocycles. The molecule has 1 aromatic carbocycles. The first-order chi connectivity index (χ1) is 13.9. The molecule has 0 radical (unpaired) electrons. The highest BCUT2D eigenvalue weighted by atomic mass is 16.5. The molecular weight excluding hydrogens is 376 g/mol. The number of primary amides is 1. The molecule has 2 aromatic rings. The third-order valence-corrected chi connectivity index (χ3v) is 4.89. The number of methoxy groups -OCH3 is 1. The van der Waals surface area contributed by atoms with Gasteiger partial charge in [0.25, 0.3) is 5.91 Å². The van der Waals surface area contributed by atoms with Crippen LogP contribution in [-0.4, -0.2) is 53.3 Å². The van der Waals surface area contributed by atoms with Crippen LogP contribution in [-0.2, 0) is 4.79 Å². The van der Waals surface area contributed by atoms with Crippen LogP contribution in [0.1, 0.15) is 30.3 Å². The highest BCUT2D eigenvalue weighted by Gasteiger charge is 2.29. The number of ether oxygens (including phenoxy) is 2. The first kappa shape index (κ1) is 20.4. The molecule has 0 spiro atoms. The zero-order valence-electron chi connectivity index (χ0n) is 16.5. The summed E-state index contributed by atoms with van der Waals surface area (Å²) < 4.78 is 12.1. The molecule has 3 rings (SSSR count). The summed E-state index contributed by atoms with van der Waals surface area (Å²) in [4.78, 5) is 38.3. The van der Waals surface area contributed by atoms with Gasteiger partial charge in [-0.25, -0.2) is 4.68 Å². The zero-order valence-corrected chi connectivity index (χ0v) is 16.5. The van der Waals surface area contributed by atoms with Crippen molar-refractivity contribution in [2.45, 2.75) is 19.8 Å². The maximum Gasteiger partial charge on any atom is 0.278 e. The molecule has 0 saturated carbocycles. The van der Waals surface area contributed by atoms with Crippen LogP contribution in [0.3, 0.4) is 0 Å².